The van der Waals surface area contributed by atoms with Gasteiger partial charge in [-0.25, -0.2) is 0 Å². The highest BCUT2D eigenvalue weighted by Crippen LogP contribution is 2.38. The van der Waals surface area contributed by atoms with Gasteiger partial charge in [-0.3, -0.25) is 9.59 Å². The number of benzene rings is 3. The van der Waals surface area contributed by atoms with Gasteiger partial charge >= 0.3 is 0 Å². The number of amides is 1. The molecule has 2 aromatic heterocycles. The lowest BCUT2D eigenvalue weighted by atomic mass is 10.1. The first-order chi connectivity index (χ1) is 17.4. The molecule has 0 atom stereocenters. The Hall–Kier alpha value is -3.53. The smallest absolute Gasteiger partial charge is 0.291 e. The molecule has 0 saturated heterocycles. The van der Waals surface area contributed by atoms with Crippen LogP contribution in [0, 0.1) is 0 Å². The first-order valence-corrected chi connectivity index (χ1v) is 12.9. The molecule has 3 heterocycles. The Labute approximate surface area is 222 Å². The number of nitrogens with zero attached hydrogens (tertiary/aromatic N) is 4. The molecule has 0 fully saturated rings. The summed E-state index contributed by atoms with van der Waals surface area (Å²) in [4.78, 5) is 33.8. The Kier molecular flexibility index (Phi) is 5.63. The molecule has 7 nitrogen and oxygen atoms in total. The van der Waals surface area contributed by atoms with E-state index in [1.807, 2.05) is 54.6 Å². The van der Waals surface area contributed by atoms with Crippen LogP contribution in [0.25, 0.3) is 21.9 Å². The average molecular weight is 580 g/mol. The zero-order chi connectivity index (χ0) is 25.0. The number of rotatable bonds is 4. The predicted molar refractivity (Wildman–Crippen MR) is 144 cm³/mol. The van der Waals surface area contributed by atoms with Crippen LogP contribution in [0.4, 0.5) is 5.69 Å². The maximum atomic E-state index is 13.7. The molecule has 6 rings (SSSR count). The number of fused-ring (bicyclic) bond motifs is 2. The lowest BCUT2D eigenvalue weighted by molar-refractivity contribution is -0.113. The van der Waals surface area contributed by atoms with Gasteiger partial charge in [-0.1, -0.05) is 51.0 Å². The van der Waals surface area contributed by atoms with E-state index < -0.39 is 0 Å². The van der Waals surface area contributed by atoms with Gasteiger partial charge in [0.1, 0.15) is 10.3 Å². The van der Waals surface area contributed by atoms with Crippen LogP contribution in [0.3, 0.4) is 0 Å². The first-order valence-electron chi connectivity index (χ1n) is 10.9. The molecule has 10 heteroatoms. The molecule has 0 unspecified atom stereocenters. The van der Waals surface area contributed by atoms with Crippen LogP contribution in [-0.4, -0.2) is 27.6 Å². The van der Waals surface area contributed by atoms with Crippen molar-refractivity contribution in [2.75, 3.05) is 12.0 Å². The molecule has 178 valence electrons. The molecule has 1 aliphatic heterocycles. The van der Waals surface area contributed by atoms with Gasteiger partial charge in [0.15, 0.2) is 5.82 Å². The molecule has 1 amide bonds. The largest absolute Gasteiger partial charge is 0.497 e. The second kappa shape index (κ2) is 8.85. The molecule has 0 bridgehead atoms. The standard InChI is InChI=1S/C26H16BrClN4O3S/c1-35-18-9-4-15(5-10-18)23-29-26-32(30-23)25(34)22(36-26)21-19-12-16(27)6-11-20(19)31(24(21)33)13-14-2-7-17(28)8-3-14/h2-12H,13H2,1H3/b22-21-. The summed E-state index contributed by atoms with van der Waals surface area (Å²) >= 11 is 10.7. The minimum absolute atomic E-state index is 0.241. The highest BCUT2D eigenvalue weighted by molar-refractivity contribution is 9.10. The van der Waals surface area contributed by atoms with Gasteiger partial charge < -0.3 is 9.64 Å². The summed E-state index contributed by atoms with van der Waals surface area (Å²) in [7, 11) is 1.60. The summed E-state index contributed by atoms with van der Waals surface area (Å²) in [5.41, 5.74) is 3.11. The van der Waals surface area contributed by atoms with Gasteiger partial charge in [-0.2, -0.15) is 9.50 Å². The number of ether oxygens (including phenoxy) is 1. The van der Waals surface area contributed by atoms with E-state index in [-0.39, 0.29) is 11.5 Å². The van der Waals surface area contributed by atoms with Gasteiger partial charge in [0.05, 0.1) is 24.9 Å². The maximum absolute atomic E-state index is 13.7. The van der Waals surface area contributed by atoms with Crippen molar-refractivity contribution in [1.29, 1.82) is 0 Å². The highest BCUT2D eigenvalue weighted by atomic mass is 79.9. The van der Waals surface area contributed by atoms with E-state index >= 15 is 0 Å². The molecule has 0 saturated carbocycles. The summed E-state index contributed by atoms with van der Waals surface area (Å²) in [6.07, 6.45) is 0. The molecule has 0 aliphatic carbocycles. The summed E-state index contributed by atoms with van der Waals surface area (Å²) in [5, 5.41) is 5.05. The normalized spacial score (nSPS) is 14.5. The van der Waals surface area contributed by atoms with E-state index in [9.17, 15) is 9.59 Å². The number of thiazole rings is 1. The van der Waals surface area contributed by atoms with Crippen molar-refractivity contribution in [2.45, 2.75) is 6.54 Å². The summed E-state index contributed by atoms with van der Waals surface area (Å²) < 4.78 is 7.59. The maximum Gasteiger partial charge on any atom is 0.291 e. The first kappa shape index (κ1) is 22.9. The Balaban J connectivity index is 1.48. The Morgan fingerprint density at radius 1 is 1.03 bits per heavy atom. The van der Waals surface area contributed by atoms with Crippen molar-refractivity contribution in [3.8, 4) is 17.1 Å². The van der Waals surface area contributed by atoms with E-state index in [1.165, 1.54) is 4.52 Å². The number of hydrogen-bond acceptors (Lipinski definition) is 6. The Morgan fingerprint density at radius 3 is 2.47 bits per heavy atom. The quantitative estimate of drug-likeness (QED) is 0.308. The zero-order valence-corrected chi connectivity index (χ0v) is 21.9. The van der Waals surface area contributed by atoms with Crippen LogP contribution in [0.1, 0.15) is 11.1 Å². The number of carbonyl (C=O) groups excluding carboxylic acids is 1. The van der Waals surface area contributed by atoms with Crippen molar-refractivity contribution in [2.24, 2.45) is 0 Å². The second-order valence-electron chi connectivity index (χ2n) is 8.15. The second-order valence-corrected chi connectivity index (χ2v) is 10.5. The van der Waals surface area contributed by atoms with Crippen LogP contribution in [-0.2, 0) is 11.3 Å². The number of halogens is 2. The minimum Gasteiger partial charge on any atom is -0.497 e. The summed E-state index contributed by atoms with van der Waals surface area (Å²) in [5.74, 6) is 0.911. The van der Waals surface area contributed by atoms with Crippen LogP contribution < -0.4 is 19.7 Å². The van der Waals surface area contributed by atoms with E-state index in [0.29, 0.717) is 38.0 Å². The fourth-order valence-electron chi connectivity index (χ4n) is 4.20. The van der Waals surface area contributed by atoms with E-state index in [0.717, 1.165) is 38.4 Å². The van der Waals surface area contributed by atoms with Crippen molar-refractivity contribution >= 4 is 61.0 Å². The van der Waals surface area contributed by atoms with Crippen LogP contribution >= 0.6 is 38.9 Å². The van der Waals surface area contributed by atoms with Gasteiger partial charge in [-0.15, -0.1) is 5.10 Å². The third-order valence-electron chi connectivity index (χ3n) is 5.96. The van der Waals surface area contributed by atoms with Gasteiger partial charge in [-0.05, 0) is 60.2 Å². The van der Waals surface area contributed by atoms with Crippen LogP contribution in [0.2, 0.25) is 5.02 Å². The summed E-state index contributed by atoms with van der Waals surface area (Å²) in [6.45, 7) is 0.352. The number of carbonyl (C=O) groups is 1. The molecule has 3 aromatic carbocycles. The SMILES string of the molecule is COc1ccc(-c2nc3s/c(=C4\C(=O)N(Cc5ccc(Cl)cc5)c5ccc(Br)cc54)c(=O)n3n2)cc1. The number of anilines is 1. The summed E-state index contributed by atoms with van der Waals surface area (Å²) in [6, 6.07) is 20.3. The van der Waals surface area contributed by atoms with Gasteiger partial charge in [0, 0.05) is 20.6 Å². The Morgan fingerprint density at radius 2 is 1.78 bits per heavy atom. The fraction of sp³-hybridized carbons (Fsp3) is 0.0769. The molecular formula is C26H16BrClN4O3S. The zero-order valence-electron chi connectivity index (χ0n) is 18.7. The molecule has 1 aliphatic rings. The minimum atomic E-state index is -0.370. The molecular weight excluding hydrogens is 564 g/mol. The number of methoxy groups -OCH3 is 1. The fourth-order valence-corrected chi connectivity index (χ4v) is 5.68. The average Bonchev–Trinajstić information content (AvgIpc) is 3.51. The topological polar surface area (TPSA) is 76.8 Å². The molecule has 5 aromatic rings. The molecule has 0 spiro atoms. The molecule has 0 radical (unpaired) electrons. The van der Waals surface area contributed by atoms with Gasteiger partial charge in [0.2, 0.25) is 4.96 Å². The monoisotopic (exact) mass is 578 g/mol. The van der Waals surface area contributed by atoms with E-state index in [1.54, 1.807) is 24.1 Å². The van der Waals surface area contributed by atoms with Crippen molar-refractivity contribution in [3.63, 3.8) is 0 Å². The molecule has 36 heavy (non-hydrogen) atoms. The predicted octanol–water partition coefficient (Wildman–Crippen LogP) is 4.71. The lowest BCUT2D eigenvalue weighted by Gasteiger charge is -2.17. The van der Waals surface area contributed by atoms with Crippen molar-refractivity contribution in [1.82, 2.24) is 14.6 Å². The van der Waals surface area contributed by atoms with Crippen LogP contribution in [0.5, 0.6) is 5.75 Å². The van der Waals surface area contributed by atoms with Crippen LogP contribution in [0.15, 0.2) is 76.0 Å². The Bertz CT molecular complexity index is 1760. The third kappa shape index (κ3) is 3.80. The number of hydrogen-bond donors (Lipinski definition) is 0. The van der Waals surface area contributed by atoms with E-state index in [4.69, 9.17) is 16.3 Å². The molecule has 0 N–H and O–H groups in total. The van der Waals surface area contributed by atoms with E-state index in [2.05, 4.69) is 26.0 Å². The van der Waals surface area contributed by atoms with Crippen molar-refractivity contribution < 1.29 is 9.53 Å². The third-order valence-corrected chi connectivity index (χ3v) is 7.74. The number of aromatic nitrogens is 3. The highest BCUT2D eigenvalue weighted by Gasteiger charge is 2.34. The van der Waals surface area contributed by atoms with Crippen molar-refractivity contribution in [3.05, 3.63) is 102 Å². The van der Waals surface area contributed by atoms with Gasteiger partial charge in [0.25, 0.3) is 11.5 Å². The lowest BCUT2D eigenvalue weighted by Crippen LogP contribution is -2.32.